The highest BCUT2D eigenvalue weighted by Crippen LogP contribution is 2.24. The zero-order chi connectivity index (χ0) is 15.6. The minimum absolute atomic E-state index is 0.380. The van der Waals surface area contributed by atoms with Crippen LogP contribution < -0.4 is 0 Å². The highest BCUT2D eigenvalue weighted by Gasteiger charge is 2.28. The van der Waals surface area contributed by atoms with Gasteiger partial charge in [-0.3, -0.25) is 4.90 Å². The number of halogens is 1. The average Bonchev–Trinajstić information content (AvgIpc) is 2.94. The summed E-state index contributed by atoms with van der Waals surface area (Å²) in [6.45, 7) is 3.51. The lowest BCUT2D eigenvalue weighted by Crippen LogP contribution is -2.48. The summed E-state index contributed by atoms with van der Waals surface area (Å²) in [4.78, 5) is 3.98. The number of nitrogens with zero attached hydrogens (tertiary/aromatic N) is 2. The molecule has 1 aliphatic rings. The highest BCUT2D eigenvalue weighted by atomic mass is 79.9. The van der Waals surface area contributed by atoms with E-state index in [1.165, 1.54) is 4.88 Å². The maximum atomic E-state index is 12.6. The fourth-order valence-electron chi connectivity index (χ4n) is 2.53. The van der Waals surface area contributed by atoms with Crippen molar-refractivity contribution in [2.75, 3.05) is 26.2 Å². The number of piperazine rings is 1. The number of hydrogen-bond donors (Lipinski definition) is 0. The van der Waals surface area contributed by atoms with Crippen LogP contribution in [0.3, 0.4) is 0 Å². The molecule has 22 heavy (non-hydrogen) atoms. The Kier molecular flexibility index (Phi) is 4.99. The third-order valence-corrected chi connectivity index (χ3v) is 7.24. The smallest absolute Gasteiger partial charge is 0.243 e. The van der Waals surface area contributed by atoms with Crippen molar-refractivity contribution in [1.29, 1.82) is 0 Å². The Morgan fingerprint density at radius 1 is 1.00 bits per heavy atom. The molecular weight excluding hydrogens is 384 g/mol. The quantitative estimate of drug-likeness (QED) is 0.791. The van der Waals surface area contributed by atoms with Crippen LogP contribution >= 0.6 is 27.3 Å². The van der Waals surface area contributed by atoms with E-state index in [0.717, 1.165) is 23.4 Å². The van der Waals surface area contributed by atoms with E-state index >= 15 is 0 Å². The van der Waals surface area contributed by atoms with Crippen molar-refractivity contribution in [1.82, 2.24) is 9.21 Å². The van der Waals surface area contributed by atoms with Gasteiger partial charge in [-0.2, -0.15) is 4.31 Å². The van der Waals surface area contributed by atoms with Crippen molar-refractivity contribution >= 4 is 37.3 Å². The molecule has 0 unspecified atom stereocenters. The molecule has 4 nitrogen and oxygen atoms in total. The summed E-state index contributed by atoms with van der Waals surface area (Å²) in [6.07, 6.45) is 0. The Balaban J connectivity index is 1.62. The zero-order valence-electron chi connectivity index (χ0n) is 12.0. The molecule has 1 aliphatic heterocycles. The Hall–Kier alpha value is -0.730. The number of sulfonamides is 1. The predicted molar refractivity (Wildman–Crippen MR) is 92.5 cm³/mol. The van der Waals surface area contributed by atoms with Crippen molar-refractivity contribution in [3.63, 3.8) is 0 Å². The van der Waals surface area contributed by atoms with Gasteiger partial charge in [-0.15, -0.1) is 11.3 Å². The summed E-state index contributed by atoms with van der Waals surface area (Å²) < 4.78 is 27.8. The maximum absolute atomic E-state index is 12.6. The second-order valence-corrected chi connectivity index (χ2v) is 9.68. The van der Waals surface area contributed by atoms with Gasteiger partial charge in [-0.1, -0.05) is 18.2 Å². The lowest BCUT2D eigenvalue weighted by molar-refractivity contribution is 0.183. The van der Waals surface area contributed by atoms with Crippen molar-refractivity contribution < 1.29 is 8.42 Å². The Bertz CT molecular complexity index is 723. The van der Waals surface area contributed by atoms with E-state index in [-0.39, 0.29) is 0 Å². The van der Waals surface area contributed by atoms with Crippen molar-refractivity contribution in [3.8, 4) is 0 Å². The van der Waals surface area contributed by atoms with Crippen LogP contribution in [0.15, 0.2) is 51.1 Å². The largest absolute Gasteiger partial charge is 0.296 e. The summed E-state index contributed by atoms with van der Waals surface area (Å²) in [5, 5.41) is 0. The van der Waals surface area contributed by atoms with Gasteiger partial charge in [0.25, 0.3) is 0 Å². The fraction of sp³-hybridized carbons (Fsp3) is 0.333. The van der Waals surface area contributed by atoms with Crippen LogP contribution in [0.1, 0.15) is 4.88 Å². The van der Waals surface area contributed by atoms with E-state index < -0.39 is 10.0 Å². The molecule has 1 aromatic carbocycles. The summed E-state index contributed by atoms with van der Waals surface area (Å²) in [5.74, 6) is 0. The minimum Gasteiger partial charge on any atom is -0.296 e. The molecule has 0 saturated carbocycles. The molecule has 0 amide bonds. The molecule has 118 valence electrons. The SMILES string of the molecule is O=S(=O)(c1ccccc1)N1CCN(Cc2ccc(Br)s2)CC1. The highest BCUT2D eigenvalue weighted by molar-refractivity contribution is 9.11. The molecule has 1 aromatic heterocycles. The van der Waals surface area contributed by atoms with E-state index in [1.807, 2.05) is 6.07 Å². The van der Waals surface area contributed by atoms with Gasteiger partial charge in [0.05, 0.1) is 8.68 Å². The van der Waals surface area contributed by atoms with Crippen LogP contribution in [-0.2, 0) is 16.6 Å². The van der Waals surface area contributed by atoms with Crippen LogP contribution in [0.25, 0.3) is 0 Å². The van der Waals surface area contributed by atoms with Gasteiger partial charge in [0, 0.05) is 37.6 Å². The number of thiophene rings is 1. The monoisotopic (exact) mass is 400 g/mol. The zero-order valence-corrected chi connectivity index (χ0v) is 15.2. The van der Waals surface area contributed by atoms with E-state index in [9.17, 15) is 8.42 Å². The van der Waals surface area contributed by atoms with Crippen LogP contribution in [0.4, 0.5) is 0 Å². The molecule has 7 heteroatoms. The average molecular weight is 401 g/mol. The molecule has 1 saturated heterocycles. The van der Waals surface area contributed by atoms with Crippen LogP contribution in [0.5, 0.6) is 0 Å². The van der Waals surface area contributed by atoms with Crippen molar-refractivity contribution in [2.24, 2.45) is 0 Å². The van der Waals surface area contributed by atoms with Crippen LogP contribution in [-0.4, -0.2) is 43.8 Å². The van der Waals surface area contributed by atoms with Gasteiger partial charge < -0.3 is 0 Å². The first-order valence-electron chi connectivity index (χ1n) is 7.07. The number of rotatable bonds is 4. The Morgan fingerprint density at radius 3 is 2.27 bits per heavy atom. The molecule has 0 radical (unpaired) electrons. The lowest BCUT2D eigenvalue weighted by Gasteiger charge is -2.33. The third-order valence-electron chi connectivity index (χ3n) is 3.72. The van der Waals surface area contributed by atoms with Crippen LogP contribution in [0.2, 0.25) is 0 Å². The first-order chi connectivity index (χ1) is 10.6. The minimum atomic E-state index is -3.35. The van der Waals surface area contributed by atoms with Gasteiger partial charge >= 0.3 is 0 Å². The van der Waals surface area contributed by atoms with Crippen molar-refractivity contribution in [2.45, 2.75) is 11.4 Å². The Labute approximate surface area is 143 Å². The van der Waals surface area contributed by atoms with E-state index in [0.29, 0.717) is 18.0 Å². The molecular formula is C15H17BrN2O2S2. The molecule has 0 bridgehead atoms. The number of hydrogen-bond acceptors (Lipinski definition) is 4. The molecule has 2 aromatic rings. The molecule has 0 aliphatic carbocycles. The van der Waals surface area contributed by atoms with Gasteiger partial charge in [-0.25, -0.2) is 8.42 Å². The first kappa shape index (κ1) is 16.1. The van der Waals surface area contributed by atoms with Gasteiger partial charge in [0.1, 0.15) is 0 Å². The van der Waals surface area contributed by atoms with E-state index in [4.69, 9.17) is 0 Å². The lowest BCUT2D eigenvalue weighted by atomic mass is 10.3. The third kappa shape index (κ3) is 3.60. The summed E-state index contributed by atoms with van der Waals surface area (Å²) in [7, 11) is -3.35. The molecule has 0 N–H and O–H groups in total. The Morgan fingerprint density at radius 2 is 1.68 bits per heavy atom. The molecule has 1 fully saturated rings. The predicted octanol–water partition coefficient (Wildman–Crippen LogP) is 3.02. The molecule has 2 heterocycles. The topological polar surface area (TPSA) is 40.6 Å². The summed E-state index contributed by atoms with van der Waals surface area (Å²) in [5.41, 5.74) is 0. The van der Waals surface area contributed by atoms with E-state index in [1.54, 1.807) is 39.9 Å². The normalized spacial score (nSPS) is 17.7. The first-order valence-corrected chi connectivity index (χ1v) is 10.1. The maximum Gasteiger partial charge on any atom is 0.243 e. The van der Waals surface area contributed by atoms with Crippen LogP contribution in [0, 0.1) is 0 Å². The summed E-state index contributed by atoms with van der Waals surface area (Å²) in [6, 6.07) is 12.8. The van der Waals surface area contributed by atoms with E-state index in [2.05, 4.69) is 33.0 Å². The molecule has 0 spiro atoms. The second-order valence-electron chi connectivity index (χ2n) is 5.20. The van der Waals surface area contributed by atoms with Gasteiger partial charge in [0.2, 0.25) is 10.0 Å². The molecule has 3 rings (SSSR count). The van der Waals surface area contributed by atoms with Crippen molar-refractivity contribution in [3.05, 3.63) is 51.1 Å². The molecule has 0 atom stereocenters. The second kappa shape index (κ2) is 6.80. The standard InChI is InChI=1S/C15H17BrN2O2S2/c16-15-7-6-13(21-15)12-17-8-10-18(11-9-17)22(19,20)14-4-2-1-3-5-14/h1-7H,8-12H2. The fourth-order valence-corrected chi connectivity index (χ4v) is 5.50. The summed E-state index contributed by atoms with van der Waals surface area (Å²) >= 11 is 5.20. The number of benzene rings is 1. The van der Waals surface area contributed by atoms with Gasteiger partial charge in [-0.05, 0) is 40.2 Å². The van der Waals surface area contributed by atoms with Gasteiger partial charge in [0.15, 0.2) is 0 Å².